The minimum atomic E-state index is -3.60. The number of primary sulfonamides is 1. The molecular weight excluding hydrogens is 458 g/mol. The van der Waals surface area contributed by atoms with Gasteiger partial charge in [-0.25, -0.2) is 13.6 Å². The normalized spacial score (nSPS) is 11.3. The number of carbonyl (C=O) groups excluding carboxylic acids is 1. The Kier molecular flexibility index (Phi) is 6.87. The van der Waals surface area contributed by atoms with E-state index in [9.17, 15) is 13.2 Å². The molecule has 0 atom stereocenters. The highest BCUT2D eigenvalue weighted by molar-refractivity contribution is 7.99. The number of aromatic nitrogens is 3. The van der Waals surface area contributed by atoms with Crippen LogP contribution in [-0.4, -0.2) is 34.8 Å². The quantitative estimate of drug-likeness (QED) is 0.374. The van der Waals surface area contributed by atoms with Gasteiger partial charge in [0.05, 0.1) is 11.5 Å². The molecule has 4 rings (SSSR count). The highest BCUT2D eigenvalue weighted by Gasteiger charge is 2.17. The second-order valence-electron chi connectivity index (χ2n) is 7.18. The fourth-order valence-electron chi connectivity index (χ4n) is 3.19. The molecule has 33 heavy (non-hydrogen) atoms. The first-order valence-corrected chi connectivity index (χ1v) is 12.7. The van der Waals surface area contributed by atoms with Gasteiger partial charge in [0.1, 0.15) is 0 Å². The number of rotatable bonds is 8. The summed E-state index contributed by atoms with van der Waals surface area (Å²) in [4.78, 5) is 12.5. The van der Waals surface area contributed by atoms with E-state index >= 15 is 0 Å². The molecule has 3 N–H and O–H groups in total. The van der Waals surface area contributed by atoms with Gasteiger partial charge in [-0.15, -0.1) is 10.2 Å². The molecule has 0 radical (unpaired) electrons. The van der Waals surface area contributed by atoms with Crippen LogP contribution in [0.1, 0.15) is 5.56 Å². The Morgan fingerprint density at radius 1 is 0.909 bits per heavy atom. The molecule has 0 aliphatic rings. The molecule has 1 heterocycles. The number of benzene rings is 3. The van der Waals surface area contributed by atoms with Gasteiger partial charge in [0.2, 0.25) is 15.9 Å². The lowest BCUT2D eigenvalue weighted by Gasteiger charge is -2.10. The Hall–Kier alpha value is -3.47. The van der Waals surface area contributed by atoms with Crippen LogP contribution in [0, 0.1) is 0 Å². The summed E-state index contributed by atoms with van der Waals surface area (Å²) in [6.07, 6.45) is 0. The van der Waals surface area contributed by atoms with Gasteiger partial charge in [-0.1, -0.05) is 72.4 Å². The summed E-state index contributed by atoms with van der Waals surface area (Å²) in [5.41, 5.74) is 2.93. The average Bonchev–Trinajstić information content (AvgIpc) is 3.23. The molecule has 3 aromatic carbocycles. The van der Waals surface area contributed by atoms with Gasteiger partial charge >= 0.3 is 0 Å². The molecule has 0 spiro atoms. The number of nitrogens with zero attached hydrogens (tertiary/aromatic N) is 3. The molecule has 4 aromatic rings. The molecular formula is C23H21N5O3S2. The number of hydrogen-bond acceptors (Lipinski definition) is 6. The molecule has 1 amide bonds. The van der Waals surface area contributed by atoms with Crippen molar-refractivity contribution >= 4 is 33.4 Å². The Balaban J connectivity index is 1.48. The third-order valence-electron chi connectivity index (χ3n) is 4.62. The van der Waals surface area contributed by atoms with Crippen LogP contribution in [0.2, 0.25) is 0 Å². The van der Waals surface area contributed by atoms with Gasteiger partial charge < -0.3 is 5.32 Å². The first-order chi connectivity index (χ1) is 15.9. The van der Waals surface area contributed by atoms with Gasteiger partial charge in [0, 0.05) is 16.9 Å². The van der Waals surface area contributed by atoms with Crippen LogP contribution in [0.4, 0.5) is 5.69 Å². The van der Waals surface area contributed by atoms with Crippen LogP contribution in [0.3, 0.4) is 0 Å². The van der Waals surface area contributed by atoms with Crippen molar-refractivity contribution in [2.45, 2.75) is 10.9 Å². The Morgan fingerprint density at radius 2 is 1.55 bits per heavy atom. The monoisotopic (exact) mass is 479 g/mol. The molecule has 0 unspecified atom stereocenters. The summed E-state index contributed by atoms with van der Waals surface area (Å²) in [5, 5.41) is 17.1. The number of amides is 1. The van der Waals surface area contributed by atoms with Gasteiger partial charge in [0.25, 0.3) is 0 Å². The number of para-hydroxylation sites is 1. The highest BCUT2D eigenvalue weighted by atomic mass is 32.2. The first kappa shape index (κ1) is 22.7. The van der Waals surface area contributed by atoms with Crippen LogP contribution in [0.5, 0.6) is 0 Å². The molecule has 1 aromatic heterocycles. The van der Waals surface area contributed by atoms with Crippen molar-refractivity contribution in [1.29, 1.82) is 0 Å². The van der Waals surface area contributed by atoms with E-state index in [1.54, 1.807) is 24.3 Å². The van der Waals surface area contributed by atoms with Crippen LogP contribution in [-0.2, 0) is 20.6 Å². The fraction of sp³-hybridized carbons (Fsp3) is 0.0870. The van der Waals surface area contributed by atoms with Crippen LogP contribution in [0.15, 0.2) is 90.1 Å². The third-order valence-corrected chi connectivity index (χ3v) is 6.28. The number of thioether (sulfide) groups is 1. The van der Waals surface area contributed by atoms with E-state index in [2.05, 4.69) is 15.5 Å². The van der Waals surface area contributed by atoms with Crippen molar-refractivity contribution in [3.05, 3.63) is 90.5 Å². The molecule has 0 aliphatic carbocycles. The predicted octanol–water partition coefficient (Wildman–Crippen LogP) is 3.45. The topological polar surface area (TPSA) is 120 Å². The Morgan fingerprint density at radius 3 is 2.18 bits per heavy atom. The zero-order valence-corrected chi connectivity index (χ0v) is 19.1. The standard InChI is InChI=1S/C23H21N5O3S2/c24-33(30,31)16-17-11-13-19(14-12-17)25-21(29)15-32-23-27-26-22(18-7-3-1-4-8-18)28(23)20-9-5-2-6-10-20/h1-14H,15-16H2,(H,25,29)(H2,24,30,31). The smallest absolute Gasteiger partial charge is 0.234 e. The molecule has 0 saturated carbocycles. The van der Waals surface area contributed by atoms with Crippen molar-refractivity contribution < 1.29 is 13.2 Å². The molecule has 0 saturated heterocycles. The summed E-state index contributed by atoms with van der Waals surface area (Å²) in [6, 6.07) is 26.0. The van der Waals surface area contributed by atoms with E-state index in [1.807, 2.05) is 65.2 Å². The van der Waals surface area contributed by atoms with Gasteiger partial charge in [-0.2, -0.15) is 0 Å². The first-order valence-electron chi connectivity index (χ1n) is 9.97. The van der Waals surface area contributed by atoms with E-state index < -0.39 is 10.0 Å². The largest absolute Gasteiger partial charge is 0.325 e. The predicted molar refractivity (Wildman–Crippen MR) is 129 cm³/mol. The van der Waals surface area contributed by atoms with Crippen molar-refractivity contribution in [2.75, 3.05) is 11.1 Å². The summed E-state index contributed by atoms with van der Waals surface area (Å²) in [6.45, 7) is 0. The number of hydrogen-bond donors (Lipinski definition) is 2. The number of sulfonamides is 1. The highest BCUT2D eigenvalue weighted by Crippen LogP contribution is 2.28. The lowest BCUT2D eigenvalue weighted by Crippen LogP contribution is -2.15. The fourth-order valence-corrected chi connectivity index (χ4v) is 4.60. The Bertz CT molecular complexity index is 1340. The molecule has 0 fully saturated rings. The average molecular weight is 480 g/mol. The van der Waals surface area contributed by atoms with E-state index in [0.717, 1.165) is 11.3 Å². The van der Waals surface area contributed by atoms with E-state index in [0.29, 0.717) is 22.2 Å². The third kappa shape index (κ3) is 6.07. The maximum absolute atomic E-state index is 12.5. The van der Waals surface area contributed by atoms with Crippen LogP contribution >= 0.6 is 11.8 Å². The van der Waals surface area contributed by atoms with Gasteiger partial charge in [-0.05, 0) is 29.8 Å². The molecule has 0 bridgehead atoms. The van der Waals surface area contributed by atoms with E-state index in [1.165, 1.54) is 11.8 Å². The zero-order valence-electron chi connectivity index (χ0n) is 17.5. The van der Waals surface area contributed by atoms with Crippen LogP contribution in [0.25, 0.3) is 17.1 Å². The summed E-state index contributed by atoms with van der Waals surface area (Å²) < 4.78 is 24.3. The number of nitrogens with two attached hydrogens (primary N) is 1. The minimum absolute atomic E-state index is 0.124. The second kappa shape index (κ2) is 9.99. The van der Waals surface area contributed by atoms with Crippen molar-refractivity contribution in [3.8, 4) is 17.1 Å². The minimum Gasteiger partial charge on any atom is -0.325 e. The number of nitrogens with one attached hydrogen (secondary N) is 1. The summed E-state index contributed by atoms with van der Waals surface area (Å²) in [5.74, 6) is 0.340. The SMILES string of the molecule is NS(=O)(=O)Cc1ccc(NC(=O)CSc2nnc(-c3ccccc3)n2-c2ccccc2)cc1. The van der Waals surface area contributed by atoms with Crippen molar-refractivity contribution in [3.63, 3.8) is 0 Å². The maximum atomic E-state index is 12.5. The maximum Gasteiger partial charge on any atom is 0.234 e. The second-order valence-corrected chi connectivity index (χ2v) is 9.74. The molecule has 8 nitrogen and oxygen atoms in total. The number of anilines is 1. The number of carbonyl (C=O) groups is 1. The molecule has 10 heteroatoms. The van der Waals surface area contributed by atoms with E-state index in [4.69, 9.17) is 5.14 Å². The Labute approximate surface area is 195 Å². The lowest BCUT2D eigenvalue weighted by molar-refractivity contribution is -0.113. The van der Waals surface area contributed by atoms with Gasteiger partial charge in [0.15, 0.2) is 11.0 Å². The van der Waals surface area contributed by atoms with E-state index in [-0.39, 0.29) is 17.4 Å². The molecule has 0 aliphatic heterocycles. The van der Waals surface area contributed by atoms with Crippen LogP contribution < -0.4 is 10.5 Å². The molecule has 168 valence electrons. The van der Waals surface area contributed by atoms with Crippen molar-refractivity contribution in [1.82, 2.24) is 14.8 Å². The summed E-state index contributed by atoms with van der Waals surface area (Å²) in [7, 11) is -3.60. The van der Waals surface area contributed by atoms with Crippen molar-refractivity contribution in [2.24, 2.45) is 5.14 Å². The zero-order chi connectivity index (χ0) is 23.3. The lowest BCUT2D eigenvalue weighted by atomic mass is 10.2. The summed E-state index contributed by atoms with van der Waals surface area (Å²) >= 11 is 1.28. The van der Waals surface area contributed by atoms with Gasteiger partial charge in [-0.3, -0.25) is 9.36 Å².